The van der Waals surface area contributed by atoms with E-state index in [0.717, 1.165) is 0 Å². The molecule has 25 heavy (non-hydrogen) atoms. The van der Waals surface area contributed by atoms with Crippen LogP contribution in [-0.4, -0.2) is 41.7 Å². The summed E-state index contributed by atoms with van der Waals surface area (Å²) in [6.07, 6.45) is 0. The summed E-state index contributed by atoms with van der Waals surface area (Å²) in [5, 5.41) is 2.65. The number of nitrogens with one attached hydrogen (secondary N) is 2. The quantitative estimate of drug-likeness (QED) is 0.698. The van der Waals surface area contributed by atoms with E-state index in [9.17, 15) is 13.2 Å². The average molecular weight is 364 g/mol. The molecule has 0 fully saturated rings. The number of ether oxygens (including phenoxy) is 2. The van der Waals surface area contributed by atoms with Gasteiger partial charge in [-0.1, -0.05) is 18.2 Å². The Labute approximate surface area is 147 Å². The van der Waals surface area contributed by atoms with Gasteiger partial charge in [-0.15, -0.1) is 0 Å². The number of hydrogen-bond acceptors (Lipinski definition) is 5. The first kappa shape index (κ1) is 18.8. The first-order valence-corrected chi connectivity index (χ1v) is 8.99. The highest BCUT2D eigenvalue weighted by molar-refractivity contribution is 7.92. The molecular formula is C17H20N2O5S. The standard InChI is InChI=1S/C17H20N2O5S/c1-23-11-10-18-17(20)13-6-5-7-14(12-13)25(21,22)19-15-8-3-4-9-16(15)24-2/h3-9,12,19H,10-11H2,1-2H3,(H,18,20). The third-order valence-electron chi connectivity index (χ3n) is 3.35. The maximum Gasteiger partial charge on any atom is 0.262 e. The Balaban J connectivity index is 2.22. The van der Waals surface area contributed by atoms with E-state index in [0.29, 0.717) is 24.6 Å². The highest BCUT2D eigenvalue weighted by Gasteiger charge is 2.18. The van der Waals surface area contributed by atoms with E-state index < -0.39 is 10.0 Å². The lowest BCUT2D eigenvalue weighted by Gasteiger charge is -2.12. The van der Waals surface area contributed by atoms with Gasteiger partial charge in [-0.2, -0.15) is 0 Å². The maximum atomic E-state index is 12.6. The van der Waals surface area contributed by atoms with Gasteiger partial charge < -0.3 is 14.8 Å². The summed E-state index contributed by atoms with van der Waals surface area (Å²) in [5.41, 5.74) is 0.568. The predicted octanol–water partition coefficient (Wildman–Crippen LogP) is 1.87. The summed E-state index contributed by atoms with van der Waals surface area (Å²) in [4.78, 5) is 12.0. The monoisotopic (exact) mass is 364 g/mol. The van der Waals surface area contributed by atoms with Gasteiger partial charge in [-0.3, -0.25) is 9.52 Å². The smallest absolute Gasteiger partial charge is 0.262 e. The second-order valence-corrected chi connectivity index (χ2v) is 6.76. The van der Waals surface area contributed by atoms with Crippen LogP contribution in [0.3, 0.4) is 0 Å². The number of sulfonamides is 1. The molecule has 7 nitrogen and oxygen atoms in total. The van der Waals surface area contributed by atoms with Crippen molar-refractivity contribution >= 4 is 21.6 Å². The van der Waals surface area contributed by atoms with Crippen LogP contribution < -0.4 is 14.8 Å². The van der Waals surface area contributed by atoms with E-state index in [4.69, 9.17) is 9.47 Å². The molecule has 8 heteroatoms. The van der Waals surface area contributed by atoms with E-state index in [1.54, 1.807) is 30.3 Å². The number of para-hydroxylation sites is 2. The molecule has 1 amide bonds. The van der Waals surface area contributed by atoms with Crippen LogP contribution in [0, 0.1) is 0 Å². The van der Waals surface area contributed by atoms with Crippen molar-refractivity contribution in [3.63, 3.8) is 0 Å². The normalized spacial score (nSPS) is 11.0. The zero-order valence-electron chi connectivity index (χ0n) is 14.0. The molecule has 2 aromatic rings. The molecule has 0 aliphatic heterocycles. The molecular weight excluding hydrogens is 344 g/mol. The van der Waals surface area contributed by atoms with Crippen molar-refractivity contribution in [3.05, 3.63) is 54.1 Å². The Morgan fingerprint density at radius 3 is 2.56 bits per heavy atom. The lowest BCUT2D eigenvalue weighted by atomic mass is 10.2. The number of methoxy groups -OCH3 is 2. The van der Waals surface area contributed by atoms with Crippen LogP contribution in [0.25, 0.3) is 0 Å². The van der Waals surface area contributed by atoms with Gasteiger partial charge in [0.1, 0.15) is 5.75 Å². The number of carbonyl (C=O) groups excluding carboxylic acids is 1. The molecule has 0 aliphatic rings. The second kappa shape index (κ2) is 8.50. The minimum absolute atomic E-state index is 0.0159. The molecule has 0 aromatic heterocycles. The summed E-state index contributed by atoms with van der Waals surface area (Å²) in [6.45, 7) is 0.713. The topological polar surface area (TPSA) is 93.7 Å². The molecule has 2 rings (SSSR count). The Hall–Kier alpha value is -2.58. The molecule has 0 radical (unpaired) electrons. The predicted molar refractivity (Wildman–Crippen MR) is 94.5 cm³/mol. The van der Waals surface area contributed by atoms with Crippen molar-refractivity contribution in [2.45, 2.75) is 4.90 Å². The van der Waals surface area contributed by atoms with E-state index in [1.807, 2.05) is 0 Å². The van der Waals surface area contributed by atoms with Crippen molar-refractivity contribution in [1.82, 2.24) is 5.32 Å². The van der Waals surface area contributed by atoms with Crippen LogP contribution in [-0.2, 0) is 14.8 Å². The van der Waals surface area contributed by atoms with Crippen molar-refractivity contribution in [1.29, 1.82) is 0 Å². The van der Waals surface area contributed by atoms with Gasteiger partial charge in [0.2, 0.25) is 0 Å². The second-order valence-electron chi connectivity index (χ2n) is 5.08. The van der Waals surface area contributed by atoms with Crippen LogP contribution in [0.1, 0.15) is 10.4 Å². The lowest BCUT2D eigenvalue weighted by molar-refractivity contribution is 0.0937. The average Bonchev–Trinajstić information content (AvgIpc) is 2.62. The summed E-state index contributed by atoms with van der Waals surface area (Å²) in [5.74, 6) is 0.0333. The summed E-state index contributed by atoms with van der Waals surface area (Å²) in [6, 6.07) is 12.5. The SMILES string of the molecule is COCCNC(=O)c1cccc(S(=O)(=O)Nc2ccccc2OC)c1. The molecule has 134 valence electrons. The molecule has 0 aliphatic carbocycles. The van der Waals surface area contributed by atoms with Gasteiger partial charge in [0, 0.05) is 19.2 Å². The highest BCUT2D eigenvalue weighted by atomic mass is 32.2. The van der Waals surface area contributed by atoms with Crippen molar-refractivity contribution in [3.8, 4) is 5.75 Å². The Bertz CT molecular complexity index is 836. The Morgan fingerprint density at radius 1 is 1.08 bits per heavy atom. The molecule has 0 saturated heterocycles. The van der Waals surface area contributed by atoms with Gasteiger partial charge in [-0.25, -0.2) is 8.42 Å². The molecule has 0 heterocycles. The largest absolute Gasteiger partial charge is 0.495 e. The number of hydrogen-bond donors (Lipinski definition) is 2. The number of carbonyl (C=O) groups is 1. The van der Waals surface area contributed by atoms with Crippen molar-refractivity contribution in [2.24, 2.45) is 0 Å². The lowest BCUT2D eigenvalue weighted by Crippen LogP contribution is -2.27. The Morgan fingerprint density at radius 2 is 1.84 bits per heavy atom. The first-order chi connectivity index (χ1) is 12.0. The molecule has 0 bridgehead atoms. The van der Waals surface area contributed by atoms with Gasteiger partial charge in [0.15, 0.2) is 0 Å². The molecule has 0 spiro atoms. The first-order valence-electron chi connectivity index (χ1n) is 7.51. The number of anilines is 1. The van der Waals surface area contributed by atoms with E-state index in [1.165, 1.54) is 32.4 Å². The van der Waals surface area contributed by atoms with Crippen molar-refractivity contribution < 1.29 is 22.7 Å². The minimum atomic E-state index is -3.86. The fourth-order valence-electron chi connectivity index (χ4n) is 2.11. The van der Waals surface area contributed by atoms with Gasteiger partial charge >= 0.3 is 0 Å². The number of amides is 1. The summed E-state index contributed by atoms with van der Waals surface area (Å²) < 4.78 is 37.6. The van der Waals surface area contributed by atoms with Crippen LogP contribution in [0.15, 0.2) is 53.4 Å². The molecule has 0 unspecified atom stereocenters. The zero-order valence-corrected chi connectivity index (χ0v) is 14.8. The van der Waals surface area contributed by atoms with E-state index >= 15 is 0 Å². The fraction of sp³-hybridized carbons (Fsp3) is 0.235. The summed E-state index contributed by atoms with van der Waals surface area (Å²) >= 11 is 0. The van der Waals surface area contributed by atoms with Crippen LogP contribution in [0.5, 0.6) is 5.75 Å². The van der Waals surface area contributed by atoms with Gasteiger partial charge in [-0.05, 0) is 30.3 Å². The van der Waals surface area contributed by atoms with Gasteiger partial charge in [0.25, 0.3) is 15.9 Å². The maximum absolute atomic E-state index is 12.6. The fourth-order valence-corrected chi connectivity index (χ4v) is 3.22. The van der Waals surface area contributed by atoms with Crippen LogP contribution in [0.4, 0.5) is 5.69 Å². The van der Waals surface area contributed by atoms with Gasteiger partial charge in [0.05, 0.1) is 24.3 Å². The third-order valence-corrected chi connectivity index (χ3v) is 4.71. The minimum Gasteiger partial charge on any atom is -0.495 e. The highest BCUT2D eigenvalue weighted by Crippen LogP contribution is 2.26. The molecule has 2 aromatic carbocycles. The van der Waals surface area contributed by atoms with Crippen LogP contribution in [0.2, 0.25) is 0 Å². The van der Waals surface area contributed by atoms with E-state index in [2.05, 4.69) is 10.0 Å². The molecule has 0 atom stereocenters. The number of rotatable bonds is 8. The molecule has 2 N–H and O–H groups in total. The zero-order chi connectivity index (χ0) is 18.3. The third kappa shape index (κ3) is 4.94. The van der Waals surface area contributed by atoms with E-state index in [-0.39, 0.29) is 16.4 Å². The Kier molecular flexibility index (Phi) is 6.37. The summed E-state index contributed by atoms with van der Waals surface area (Å²) in [7, 11) is -0.875. The number of benzene rings is 2. The molecule has 0 saturated carbocycles. The van der Waals surface area contributed by atoms with Crippen molar-refractivity contribution in [2.75, 3.05) is 32.1 Å². The van der Waals surface area contributed by atoms with Crippen LogP contribution >= 0.6 is 0 Å².